The molecular formula is C27H27N3O7. The molecule has 37 heavy (non-hydrogen) atoms. The number of nitrogens with two attached hydrogens (primary N) is 2. The summed E-state index contributed by atoms with van der Waals surface area (Å²) in [7, 11) is 3.17. The first-order chi connectivity index (χ1) is 17.4. The van der Waals surface area contributed by atoms with Gasteiger partial charge in [-0.15, -0.1) is 0 Å². The lowest BCUT2D eigenvalue weighted by atomic mass is 9.58. The number of likely N-dealkylation sites (N-methyl/N-ethyl adjacent to an activating group) is 1. The SMILES string of the molecule is CN(C)[C@@H]1C(O)=C(C(N)=O)C(=O)[C@@]2(O)C(O)=C3C(=O)c4c(O)ccc(-c5cccc(N)c5)c4CC3CC12. The van der Waals surface area contributed by atoms with E-state index in [0.29, 0.717) is 16.8 Å². The second-order valence-electron chi connectivity index (χ2n) is 10.1. The number of rotatable bonds is 3. The summed E-state index contributed by atoms with van der Waals surface area (Å²) in [6.45, 7) is 0. The highest BCUT2D eigenvalue weighted by Crippen LogP contribution is 2.53. The first-order valence-electron chi connectivity index (χ1n) is 11.7. The Balaban J connectivity index is 1.73. The van der Waals surface area contributed by atoms with Gasteiger partial charge in [-0.3, -0.25) is 19.3 Å². The van der Waals surface area contributed by atoms with E-state index >= 15 is 0 Å². The smallest absolute Gasteiger partial charge is 0.255 e. The number of carbonyl (C=O) groups excluding carboxylic acids is 3. The average Bonchev–Trinajstić information content (AvgIpc) is 2.81. The third kappa shape index (κ3) is 3.29. The molecule has 3 aliphatic rings. The predicted molar refractivity (Wildman–Crippen MR) is 134 cm³/mol. The minimum absolute atomic E-state index is 0.0256. The minimum atomic E-state index is -2.66. The normalized spacial score (nSPS) is 27.2. The van der Waals surface area contributed by atoms with E-state index in [1.165, 1.54) is 11.0 Å². The molecule has 0 aliphatic heterocycles. The maximum absolute atomic E-state index is 13.8. The quantitative estimate of drug-likeness (QED) is 0.264. The minimum Gasteiger partial charge on any atom is -0.510 e. The van der Waals surface area contributed by atoms with Gasteiger partial charge in [0.05, 0.1) is 11.6 Å². The van der Waals surface area contributed by atoms with Gasteiger partial charge in [-0.05, 0) is 67.7 Å². The van der Waals surface area contributed by atoms with Gasteiger partial charge in [0.25, 0.3) is 5.91 Å². The van der Waals surface area contributed by atoms with Gasteiger partial charge in [-0.25, -0.2) is 0 Å². The summed E-state index contributed by atoms with van der Waals surface area (Å²) in [5.41, 5.74) is 10.1. The van der Waals surface area contributed by atoms with Crippen LogP contribution in [0.2, 0.25) is 0 Å². The van der Waals surface area contributed by atoms with Crippen LogP contribution in [0, 0.1) is 11.8 Å². The second-order valence-corrected chi connectivity index (χ2v) is 10.1. The average molecular weight is 506 g/mol. The van der Waals surface area contributed by atoms with Gasteiger partial charge in [0.2, 0.25) is 5.78 Å². The summed E-state index contributed by atoms with van der Waals surface area (Å²) in [5.74, 6) is -6.77. The number of ketones is 2. The number of fused-ring (bicyclic) bond motifs is 3. The lowest BCUT2D eigenvalue weighted by Crippen LogP contribution is -2.63. The first kappa shape index (κ1) is 24.5. The maximum Gasteiger partial charge on any atom is 0.255 e. The number of nitrogen functional groups attached to an aromatic ring is 1. The van der Waals surface area contributed by atoms with Crippen molar-refractivity contribution < 1.29 is 34.8 Å². The highest BCUT2D eigenvalue weighted by Gasteiger charge is 2.63. The largest absolute Gasteiger partial charge is 0.510 e. The number of allylic oxidation sites excluding steroid dienone is 1. The predicted octanol–water partition coefficient (Wildman–Crippen LogP) is 1.37. The zero-order valence-corrected chi connectivity index (χ0v) is 20.2. The summed E-state index contributed by atoms with van der Waals surface area (Å²) in [6.07, 6.45) is 0.227. The third-order valence-corrected chi connectivity index (χ3v) is 7.80. The molecule has 0 radical (unpaired) electrons. The fraction of sp³-hybridized carbons (Fsp3) is 0.296. The third-order valence-electron chi connectivity index (χ3n) is 7.80. The molecule has 10 nitrogen and oxygen atoms in total. The summed E-state index contributed by atoms with van der Waals surface area (Å²) in [6, 6.07) is 9.08. The number of benzene rings is 2. The van der Waals surface area contributed by atoms with Crippen molar-refractivity contribution in [3.63, 3.8) is 0 Å². The van der Waals surface area contributed by atoms with Gasteiger partial charge in [-0.1, -0.05) is 18.2 Å². The van der Waals surface area contributed by atoms with Crippen LogP contribution in [0.15, 0.2) is 59.1 Å². The van der Waals surface area contributed by atoms with Crippen LogP contribution in [0.5, 0.6) is 5.75 Å². The van der Waals surface area contributed by atoms with Gasteiger partial charge < -0.3 is 31.9 Å². The van der Waals surface area contributed by atoms with Gasteiger partial charge >= 0.3 is 0 Å². The molecule has 0 spiro atoms. The summed E-state index contributed by atoms with van der Waals surface area (Å²) >= 11 is 0. The molecule has 2 aromatic rings. The number of primary amides is 1. The second kappa shape index (κ2) is 8.19. The van der Waals surface area contributed by atoms with Gasteiger partial charge in [0.1, 0.15) is 22.8 Å². The molecule has 192 valence electrons. The van der Waals surface area contributed by atoms with E-state index in [1.54, 1.807) is 38.4 Å². The number of aliphatic hydroxyl groups is 3. The molecule has 2 unspecified atom stereocenters. The number of aromatic hydroxyl groups is 1. The molecule has 0 saturated heterocycles. The monoisotopic (exact) mass is 505 g/mol. The van der Waals surface area contributed by atoms with E-state index in [1.807, 2.05) is 6.07 Å². The number of phenols is 1. The van der Waals surface area contributed by atoms with Crippen molar-refractivity contribution in [3.05, 3.63) is 70.2 Å². The van der Waals surface area contributed by atoms with Crippen molar-refractivity contribution in [1.29, 1.82) is 0 Å². The van der Waals surface area contributed by atoms with Crippen molar-refractivity contribution in [2.75, 3.05) is 19.8 Å². The van der Waals surface area contributed by atoms with Gasteiger partial charge in [-0.2, -0.15) is 0 Å². The number of Topliss-reactive ketones (excluding diaryl/α,β-unsaturated/α-hetero) is 2. The van der Waals surface area contributed by atoms with E-state index in [-0.39, 0.29) is 29.7 Å². The number of amides is 1. The maximum atomic E-state index is 13.8. The number of phenolic OH excluding ortho intramolecular Hbond substituents is 1. The van der Waals surface area contributed by atoms with Crippen molar-refractivity contribution in [3.8, 4) is 16.9 Å². The van der Waals surface area contributed by atoms with Crippen molar-refractivity contribution >= 4 is 23.2 Å². The summed E-state index contributed by atoms with van der Waals surface area (Å²) in [5, 5.41) is 44.5. The van der Waals surface area contributed by atoms with E-state index in [0.717, 1.165) is 5.56 Å². The highest BCUT2D eigenvalue weighted by atomic mass is 16.3. The topological polar surface area (TPSA) is 187 Å². The van der Waals surface area contributed by atoms with Crippen molar-refractivity contribution in [2.45, 2.75) is 24.5 Å². The number of hydrogen-bond donors (Lipinski definition) is 6. The van der Waals surface area contributed by atoms with Crippen LogP contribution in [0.25, 0.3) is 11.1 Å². The van der Waals surface area contributed by atoms with Crippen molar-refractivity contribution in [2.24, 2.45) is 17.6 Å². The molecule has 0 heterocycles. The van der Waals surface area contributed by atoms with E-state index in [4.69, 9.17) is 11.5 Å². The molecule has 0 aromatic heterocycles. The highest BCUT2D eigenvalue weighted by molar-refractivity contribution is 6.24. The molecular weight excluding hydrogens is 478 g/mol. The van der Waals surface area contributed by atoms with Gasteiger partial charge in [0, 0.05) is 17.2 Å². The molecule has 0 fully saturated rings. The Labute approximate surface area is 212 Å². The number of nitrogens with zero attached hydrogens (tertiary/aromatic N) is 1. The Bertz CT molecular complexity index is 1460. The number of aliphatic hydroxyl groups excluding tert-OH is 2. The Morgan fingerprint density at radius 2 is 1.81 bits per heavy atom. The van der Waals surface area contributed by atoms with Crippen LogP contribution in [0.4, 0.5) is 5.69 Å². The van der Waals surface area contributed by atoms with Gasteiger partial charge in [0.15, 0.2) is 11.4 Å². The molecule has 10 heteroatoms. The van der Waals surface area contributed by atoms with Crippen LogP contribution in [-0.4, -0.2) is 68.5 Å². The molecule has 2 aromatic carbocycles. The molecule has 8 N–H and O–H groups in total. The van der Waals surface area contributed by atoms with Crippen LogP contribution in [0.3, 0.4) is 0 Å². The molecule has 1 amide bonds. The fourth-order valence-corrected chi connectivity index (χ4v) is 6.23. The number of hydrogen-bond acceptors (Lipinski definition) is 9. The number of carbonyl (C=O) groups is 3. The fourth-order valence-electron chi connectivity index (χ4n) is 6.23. The zero-order valence-electron chi connectivity index (χ0n) is 20.2. The van der Waals surface area contributed by atoms with E-state index in [2.05, 4.69) is 0 Å². The Hall–Kier alpha value is -4.15. The Kier molecular flexibility index (Phi) is 5.43. The van der Waals surface area contributed by atoms with Crippen LogP contribution >= 0.6 is 0 Å². The van der Waals surface area contributed by atoms with E-state index in [9.17, 15) is 34.8 Å². The standard InChI is InChI=1S/C27H27N3O7/c1-30(2)21-16-10-12-9-15-14(11-4-3-5-13(28)8-11)6-7-17(31)19(15)22(32)18(12)24(34)27(16,37)25(35)20(23(21)33)26(29)36/h3-8,12,16,21,31,33-34,37H,9-10,28H2,1-2H3,(H2,29,36)/t12?,16?,21-,27-/m0/s1. The lowest BCUT2D eigenvalue weighted by Gasteiger charge is -2.50. The van der Waals surface area contributed by atoms with Crippen LogP contribution in [0.1, 0.15) is 22.3 Å². The lowest BCUT2D eigenvalue weighted by molar-refractivity contribution is -0.148. The number of anilines is 1. The summed E-state index contributed by atoms with van der Waals surface area (Å²) in [4.78, 5) is 40.7. The first-order valence-corrected chi connectivity index (χ1v) is 11.7. The molecule has 3 aliphatic carbocycles. The molecule has 4 atom stereocenters. The van der Waals surface area contributed by atoms with Crippen molar-refractivity contribution in [1.82, 2.24) is 4.90 Å². The van der Waals surface area contributed by atoms with Crippen LogP contribution in [-0.2, 0) is 16.0 Å². The van der Waals surface area contributed by atoms with E-state index < -0.39 is 58.0 Å². The Morgan fingerprint density at radius 1 is 1.11 bits per heavy atom. The van der Waals surface area contributed by atoms with Crippen LogP contribution < -0.4 is 11.5 Å². The molecule has 5 rings (SSSR count). The summed E-state index contributed by atoms with van der Waals surface area (Å²) < 4.78 is 0. The Morgan fingerprint density at radius 3 is 2.43 bits per heavy atom. The molecule has 0 saturated carbocycles. The zero-order chi connectivity index (χ0) is 27.0. The molecule has 0 bridgehead atoms.